The van der Waals surface area contributed by atoms with Crippen LogP contribution in [0.2, 0.25) is 0 Å². The van der Waals surface area contributed by atoms with Crippen molar-refractivity contribution in [3.05, 3.63) is 41.6 Å². The molecule has 106 valence electrons. The number of aryl methyl sites for hydroxylation is 1. The molecule has 0 aliphatic heterocycles. The number of carbonyl (C=O) groups is 1. The van der Waals surface area contributed by atoms with Gasteiger partial charge >= 0.3 is 0 Å². The molecule has 0 saturated carbocycles. The van der Waals surface area contributed by atoms with E-state index in [2.05, 4.69) is 25.6 Å². The highest BCUT2D eigenvalue weighted by atomic mass is 79.9. The average Bonchev–Trinajstić information content (AvgIpc) is 2.89. The lowest BCUT2D eigenvalue weighted by Gasteiger charge is -2.12. The van der Waals surface area contributed by atoms with E-state index in [-0.39, 0.29) is 5.91 Å². The van der Waals surface area contributed by atoms with Crippen molar-refractivity contribution < 1.29 is 9.53 Å². The van der Waals surface area contributed by atoms with Gasteiger partial charge in [0.15, 0.2) is 0 Å². The number of amides is 1. The van der Waals surface area contributed by atoms with Crippen LogP contribution in [0.1, 0.15) is 15.9 Å². The van der Waals surface area contributed by atoms with Crippen molar-refractivity contribution in [2.45, 2.75) is 11.5 Å². The van der Waals surface area contributed by atoms with Crippen molar-refractivity contribution in [3.63, 3.8) is 0 Å². The van der Waals surface area contributed by atoms with Crippen LogP contribution in [0.25, 0.3) is 0 Å². The highest BCUT2D eigenvalue weighted by Crippen LogP contribution is 2.25. The van der Waals surface area contributed by atoms with E-state index in [1.54, 1.807) is 28.6 Å². The van der Waals surface area contributed by atoms with Crippen LogP contribution < -0.4 is 9.08 Å². The number of carbonyl (C=O) groups excluding carboxylic acids is 1. The van der Waals surface area contributed by atoms with Crippen LogP contribution in [0, 0.1) is 0 Å². The topological polar surface area (TPSA) is 56.1 Å². The SMILES string of the molecule is CSc1cccc(C(=O)NBr)c1COc1ccn(C)n1. The lowest BCUT2D eigenvalue weighted by atomic mass is 10.1. The molecule has 7 heteroatoms. The Balaban J connectivity index is 2.26. The smallest absolute Gasteiger partial charge is 0.261 e. The molecular formula is C13H14BrN3O2S. The van der Waals surface area contributed by atoms with Crippen LogP contribution >= 0.6 is 27.9 Å². The van der Waals surface area contributed by atoms with E-state index < -0.39 is 0 Å². The molecule has 1 aromatic heterocycles. The Morgan fingerprint density at radius 3 is 2.90 bits per heavy atom. The largest absolute Gasteiger partial charge is 0.472 e. The highest BCUT2D eigenvalue weighted by molar-refractivity contribution is 9.08. The molecule has 0 aliphatic rings. The maximum atomic E-state index is 11.9. The maximum absolute atomic E-state index is 11.9. The average molecular weight is 356 g/mol. The van der Waals surface area contributed by atoms with Crippen LogP contribution in [-0.2, 0) is 13.7 Å². The van der Waals surface area contributed by atoms with Gasteiger partial charge in [-0.3, -0.25) is 13.8 Å². The molecule has 0 saturated heterocycles. The number of ether oxygens (including phenoxy) is 1. The molecule has 0 unspecified atom stereocenters. The second-order valence-electron chi connectivity index (χ2n) is 4.03. The van der Waals surface area contributed by atoms with Crippen molar-refractivity contribution in [2.24, 2.45) is 7.05 Å². The predicted octanol–water partition coefficient (Wildman–Crippen LogP) is 2.76. The number of hydrogen-bond acceptors (Lipinski definition) is 4. The molecule has 1 aromatic carbocycles. The Bertz CT molecular complexity index is 615. The Kier molecular flexibility index (Phi) is 5.08. The first-order valence-electron chi connectivity index (χ1n) is 5.85. The summed E-state index contributed by atoms with van der Waals surface area (Å²) in [5.74, 6) is 0.342. The number of nitrogens with zero attached hydrogens (tertiary/aromatic N) is 2. The molecular weight excluding hydrogens is 342 g/mol. The zero-order valence-electron chi connectivity index (χ0n) is 11.1. The van der Waals surface area contributed by atoms with Gasteiger partial charge in [-0.2, -0.15) is 0 Å². The minimum absolute atomic E-state index is 0.194. The fraction of sp³-hybridized carbons (Fsp3) is 0.231. The molecule has 1 heterocycles. The molecule has 1 N–H and O–H groups in total. The fourth-order valence-electron chi connectivity index (χ4n) is 1.79. The highest BCUT2D eigenvalue weighted by Gasteiger charge is 2.15. The van der Waals surface area contributed by atoms with Gasteiger partial charge in [0, 0.05) is 51.5 Å². The van der Waals surface area contributed by atoms with E-state index in [9.17, 15) is 4.79 Å². The number of rotatable bonds is 5. The summed E-state index contributed by atoms with van der Waals surface area (Å²) in [7, 11) is 1.83. The van der Waals surface area contributed by atoms with Crippen LogP contribution in [0.4, 0.5) is 0 Å². The molecule has 2 aromatic rings. The van der Waals surface area contributed by atoms with Crippen molar-refractivity contribution in [1.82, 2.24) is 14.1 Å². The van der Waals surface area contributed by atoms with Gasteiger partial charge in [0.2, 0.25) is 5.88 Å². The third-order valence-electron chi connectivity index (χ3n) is 2.74. The van der Waals surface area contributed by atoms with Gasteiger partial charge in [-0.1, -0.05) is 6.07 Å². The standard InChI is InChI=1S/C13H14BrN3O2S/c1-17-7-6-12(16-17)19-8-10-9(13(18)15-14)4-3-5-11(10)20-2/h3-7H,8H2,1-2H3,(H,15,18). The number of halogens is 1. The Hall–Kier alpha value is -1.47. The number of aromatic nitrogens is 2. The number of nitrogens with one attached hydrogen (secondary N) is 1. The minimum atomic E-state index is -0.194. The van der Waals surface area contributed by atoms with Gasteiger partial charge in [-0.25, -0.2) is 0 Å². The van der Waals surface area contributed by atoms with Gasteiger partial charge in [0.1, 0.15) is 6.61 Å². The van der Waals surface area contributed by atoms with E-state index in [0.717, 1.165) is 10.5 Å². The van der Waals surface area contributed by atoms with E-state index in [1.807, 2.05) is 31.6 Å². The summed E-state index contributed by atoms with van der Waals surface area (Å²) in [6, 6.07) is 7.37. The first-order valence-corrected chi connectivity index (χ1v) is 7.86. The second-order valence-corrected chi connectivity index (χ2v) is 5.27. The molecule has 0 spiro atoms. The lowest BCUT2D eigenvalue weighted by Crippen LogP contribution is -2.16. The number of thioether (sulfide) groups is 1. The van der Waals surface area contributed by atoms with E-state index in [0.29, 0.717) is 18.1 Å². The number of hydrogen-bond donors (Lipinski definition) is 1. The van der Waals surface area contributed by atoms with Gasteiger partial charge in [-0.15, -0.1) is 16.9 Å². The molecule has 2 rings (SSSR count). The van der Waals surface area contributed by atoms with Crippen LogP contribution in [0.3, 0.4) is 0 Å². The van der Waals surface area contributed by atoms with Crippen LogP contribution in [0.15, 0.2) is 35.4 Å². The second kappa shape index (κ2) is 6.81. The Morgan fingerprint density at radius 1 is 1.50 bits per heavy atom. The fourth-order valence-corrected chi connectivity index (χ4v) is 2.63. The lowest BCUT2D eigenvalue weighted by molar-refractivity contribution is 0.0983. The van der Waals surface area contributed by atoms with Crippen LogP contribution in [-0.4, -0.2) is 21.9 Å². The zero-order chi connectivity index (χ0) is 14.5. The van der Waals surface area contributed by atoms with E-state index >= 15 is 0 Å². The monoisotopic (exact) mass is 355 g/mol. The van der Waals surface area contributed by atoms with Gasteiger partial charge < -0.3 is 4.74 Å². The normalized spacial score (nSPS) is 10.3. The summed E-state index contributed by atoms with van der Waals surface area (Å²) in [6.07, 6.45) is 3.78. The van der Waals surface area contributed by atoms with E-state index in [4.69, 9.17) is 4.74 Å². The molecule has 1 amide bonds. The maximum Gasteiger partial charge on any atom is 0.261 e. The Labute approximate surface area is 130 Å². The summed E-state index contributed by atoms with van der Waals surface area (Å²) in [5, 5.41) is 4.15. The summed E-state index contributed by atoms with van der Waals surface area (Å²) < 4.78 is 9.78. The van der Waals surface area contributed by atoms with Gasteiger partial charge in [0.05, 0.1) is 0 Å². The summed E-state index contributed by atoms with van der Waals surface area (Å²) in [5.41, 5.74) is 1.44. The zero-order valence-corrected chi connectivity index (χ0v) is 13.5. The Morgan fingerprint density at radius 2 is 2.30 bits per heavy atom. The molecule has 20 heavy (non-hydrogen) atoms. The number of benzene rings is 1. The van der Waals surface area contributed by atoms with Crippen molar-refractivity contribution in [3.8, 4) is 5.88 Å². The molecule has 5 nitrogen and oxygen atoms in total. The summed E-state index contributed by atoms with van der Waals surface area (Å²) in [6.45, 7) is 0.295. The summed E-state index contributed by atoms with van der Waals surface area (Å²) in [4.78, 5) is 12.9. The van der Waals surface area contributed by atoms with Crippen LogP contribution in [0.5, 0.6) is 5.88 Å². The molecule has 0 atom stereocenters. The molecule has 0 fully saturated rings. The van der Waals surface area contributed by atoms with Gasteiger partial charge in [0.25, 0.3) is 5.91 Å². The quantitative estimate of drug-likeness (QED) is 0.661. The van der Waals surface area contributed by atoms with E-state index in [1.165, 1.54) is 0 Å². The minimum Gasteiger partial charge on any atom is -0.472 e. The summed E-state index contributed by atoms with van der Waals surface area (Å²) >= 11 is 4.55. The molecule has 0 bridgehead atoms. The van der Waals surface area contributed by atoms with Crippen molar-refractivity contribution in [1.29, 1.82) is 0 Å². The third kappa shape index (κ3) is 3.34. The molecule has 0 radical (unpaired) electrons. The van der Waals surface area contributed by atoms with Crippen molar-refractivity contribution >= 4 is 33.8 Å². The van der Waals surface area contributed by atoms with Crippen molar-refractivity contribution in [2.75, 3.05) is 6.26 Å². The first kappa shape index (κ1) is 14.9. The van der Waals surface area contributed by atoms with Gasteiger partial charge in [-0.05, 0) is 18.4 Å². The predicted molar refractivity (Wildman–Crippen MR) is 82.2 cm³/mol. The molecule has 0 aliphatic carbocycles. The third-order valence-corrected chi connectivity index (χ3v) is 3.92. The first-order chi connectivity index (χ1) is 9.65.